The quantitative estimate of drug-likeness (QED) is 0.779. The summed E-state index contributed by atoms with van der Waals surface area (Å²) in [4.78, 5) is 8.46. The molecule has 2 aromatic heterocycles. The Bertz CT molecular complexity index is 788. The Morgan fingerprint density at radius 1 is 1.19 bits per heavy atom. The molecule has 3 aromatic rings. The van der Waals surface area contributed by atoms with Gasteiger partial charge in [-0.25, -0.2) is 4.98 Å². The number of nitrogen functional groups attached to an aromatic ring is 1. The summed E-state index contributed by atoms with van der Waals surface area (Å²) in [5, 5.41) is 4.93. The number of nitrogens with two attached hydrogens (primary N) is 1. The maximum atomic E-state index is 6.04. The number of benzene rings is 1. The third kappa shape index (κ3) is 2.68. The second-order valence-electron chi connectivity index (χ2n) is 4.81. The summed E-state index contributed by atoms with van der Waals surface area (Å²) < 4.78 is 0. The summed E-state index contributed by atoms with van der Waals surface area (Å²) in [6.07, 6.45) is 3.34. The zero-order valence-electron chi connectivity index (χ0n) is 11.5. The number of hydrogen-bond donors (Lipinski definition) is 2. The van der Waals surface area contributed by atoms with Crippen LogP contribution in [-0.2, 0) is 0 Å². The maximum absolute atomic E-state index is 6.04. The van der Waals surface area contributed by atoms with Gasteiger partial charge < -0.3 is 11.1 Å². The number of aromatic nitrogens is 2. The van der Waals surface area contributed by atoms with Crippen molar-refractivity contribution in [3.05, 3.63) is 64.9 Å². The topological polar surface area (TPSA) is 63.8 Å². The minimum Gasteiger partial charge on any atom is -0.383 e. The highest BCUT2D eigenvalue weighted by Crippen LogP contribution is 2.29. The van der Waals surface area contributed by atoms with E-state index in [-0.39, 0.29) is 6.04 Å². The summed E-state index contributed by atoms with van der Waals surface area (Å²) in [5.74, 6) is 0.477. The van der Waals surface area contributed by atoms with Crippen molar-refractivity contribution in [2.45, 2.75) is 6.04 Å². The standard InChI is InChI=1S/C16H15ClN4/c1-19-15(13-8-12(17)9-21-16(13)18)11-4-5-14-10(7-11)3-2-6-20-14/h2-9,15,19H,1H3,(H2,18,21). The Labute approximate surface area is 128 Å². The van der Waals surface area contributed by atoms with Crippen LogP contribution in [0.5, 0.6) is 0 Å². The maximum Gasteiger partial charge on any atom is 0.128 e. The molecule has 3 N–H and O–H groups in total. The van der Waals surface area contributed by atoms with E-state index in [0.29, 0.717) is 10.8 Å². The van der Waals surface area contributed by atoms with Crippen molar-refractivity contribution in [2.75, 3.05) is 12.8 Å². The van der Waals surface area contributed by atoms with Gasteiger partial charge in [0.05, 0.1) is 16.6 Å². The van der Waals surface area contributed by atoms with E-state index in [2.05, 4.69) is 21.4 Å². The molecule has 0 fully saturated rings. The highest BCUT2D eigenvalue weighted by Gasteiger charge is 2.16. The van der Waals surface area contributed by atoms with Crippen LogP contribution >= 0.6 is 11.6 Å². The first kappa shape index (κ1) is 13.8. The smallest absolute Gasteiger partial charge is 0.128 e. The third-order valence-corrected chi connectivity index (χ3v) is 3.68. The van der Waals surface area contributed by atoms with Crippen molar-refractivity contribution in [2.24, 2.45) is 0 Å². The van der Waals surface area contributed by atoms with E-state index >= 15 is 0 Å². The number of nitrogens with zero attached hydrogens (tertiary/aromatic N) is 2. The highest BCUT2D eigenvalue weighted by molar-refractivity contribution is 6.30. The lowest BCUT2D eigenvalue weighted by atomic mass is 9.98. The van der Waals surface area contributed by atoms with Gasteiger partial charge in [0.25, 0.3) is 0 Å². The molecule has 0 amide bonds. The molecule has 0 aliphatic heterocycles. The molecule has 0 aliphatic rings. The first-order valence-electron chi connectivity index (χ1n) is 6.62. The molecule has 0 radical (unpaired) electrons. The fourth-order valence-electron chi connectivity index (χ4n) is 2.47. The van der Waals surface area contributed by atoms with Crippen LogP contribution in [0.4, 0.5) is 5.82 Å². The van der Waals surface area contributed by atoms with Crippen molar-refractivity contribution in [3.63, 3.8) is 0 Å². The fourth-order valence-corrected chi connectivity index (χ4v) is 2.64. The summed E-state index contributed by atoms with van der Waals surface area (Å²) >= 11 is 6.04. The van der Waals surface area contributed by atoms with Crippen molar-refractivity contribution < 1.29 is 0 Å². The zero-order chi connectivity index (χ0) is 14.8. The van der Waals surface area contributed by atoms with Gasteiger partial charge in [-0.3, -0.25) is 4.98 Å². The van der Waals surface area contributed by atoms with Crippen LogP contribution in [0.3, 0.4) is 0 Å². The number of halogens is 1. The number of pyridine rings is 2. The average molecular weight is 299 g/mol. The van der Waals surface area contributed by atoms with Gasteiger partial charge in [-0.2, -0.15) is 0 Å². The third-order valence-electron chi connectivity index (χ3n) is 3.48. The first-order chi connectivity index (χ1) is 10.2. The molecule has 21 heavy (non-hydrogen) atoms. The molecule has 1 unspecified atom stereocenters. The van der Waals surface area contributed by atoms with Crippen LogP contribution in [0, 0.1) is 0 Å². The SMILES string of the molecule is CNC(c1ccc2ncccc2c1)c1cc(Cl)cnc1N. The lowest BCUT2D eigenvalue weighted by Gasteiger charge is -2.19. The minimum atomic E-state index is -0.0687. The second kappa shape index (κ2) is 5.68. The van der Waals surface area contributed by atoms with Crippen LogP contribution in [0.25, 0.3) is 10.9 Å². The van der Waals surface area contributed by atoms with Crippen molar-refractivity contribution >= 4 is 28.3 Å². The zero-order valence-corrected chi connectivity index (χ0v) is 12.3. The fraction of sp³-hybridized carbons (Fsp3) is 0.125. The van der Waals surface area contributed by atoms with Gasteiger partial charge in [0, 0.05) is 23.3 Å². The molecule has 4 nitrogen and oxygen atoms in total. The van der Waals surface area contributed by atoms with E-state index in [0.717, 1.165) is 22.0 Å². The van der Waals surface area contributed by atoms with E-state index in [1.54, 1.807) is 12.4 Å². The van der Waals surface area contributed by atoms with Crippen LogP contribution < -0.4 is 11.1 Å². The molecule has 3 rings (SSSR count). The Balaban J connectivity index is 2.11. The Morgan fingerprint density at radius 2 is 2.05 bits per heavy atom. The molecular formula is C16H15ClN4. The van der Waals surface area contributed by atoms with Gasteiger partial charge in [0.2, 0.25) is 0 Å². The number of rotatable bonds is 3. The number of anilines is 1. The average Bonchev–Trinajstić information content (AvgIpc) is 2.51. The summed E-state index contributed by atoms with van der Waals surface area (Å²) in [7, 11) is 1.89. The van der Waals surface area contributed by atoms with E-state index < -0.39 is 0 Å². The van der Waals surface area contributed by atoms with Crippen molar-refractivity contribution in [1.29, 1.82) is 0 Å². The first-order valence-corrected chi connectivity index (χ1v) is 6.99. The molecule has 106 valence electrons. The Hall–Kier alpha value is -2.17. The van der Waals surface area contributed by atoms with Crippen molar-refractivity contribution in [1.82, 2.24) is 15.3 Å². The van der Waals surface area contributed by atoms with Gasteiger partial charge in [-0.1, -0.05) is 23.7 Å². The van der Waals surface area contributed by atoms with E-state index in [9.17, 15) is 0 Å². The van der Waals surface area contributed by atoms with Gasteiger partial charge in [-0.05, 0) is 36.9 Å². The van der Waals surface area contributed by atoms with Crippen LogP contribution in [0.2, 0.25) is 5.02 Å². The van der Waals surface area contributed by atoms with E-state index in [1.165, 1.54) is 0 Å². The van der Waals surface area contributed by atoms with E-state index in [1.807, 2.05) is 37.4 Å². The molecular weight excluding hydrogens is 284 g/mol. The molecule has 2 heterocycles. The molecule has 0 saturated heterocycles. The van der Waals surface area contributed by atoms with Crippen LogP contribution in [-0.4, -0.2) is 17.0 Å². The molecule has 0 spiro atoms. The summed E-state index contributed by atoms with van der Waals surface area (Å²) in [6, 6.07) is 11.9. The van der Waals surface area contributed by atoms with E-state index in [4.69, 9.17) is 17.3 Å². The van der Waals surface area contributed by atoms with Gasteiger partial charge in [0.15, 0.2) is 0 Å². The summed E-state index contributed by atoms with van der Waals surface area (Å²) in [6.45, 7) is 0. The molecule has 0 bridgehead atoms. The largest absolute Gasteiger partial charge is 0.383 e. The predicted octanol–water partition coefficient (Wildman–Crippen LogP) is 3.17. The number of fused-ring (bicyclic) bond motifs is 1. The lowest BCUT2D eigenvalue weighted by Crippen LogP contribution is -2.19. The highest BCUT2D eigenvalue weighted by atomic mass is 35.5. The second-order valence-corrected chi connectivity index (χ2v) is 5.24. The minimum absolute atomic E-state index is 0.0687. The Morgan fingerprint density at radius 3 is 2.86 bits per heavy atom. The summed E-state index contributed by atoms with van der Waals surface area (Å²) in [5.41, 5.74) is 8.92. The lowest BCUT2D eigenvalue weighted by molar-refractivity contribution is 0.692. The van der Waals surface area contributed by atoms with Gasteiger partial charge in [-0.15, -0.1) is 0 Å². The molecule has 0 aliphatic carbocycles. The van der Waals surface area contributed by atoms with Crippen LogP contribution in [0.1, 0.15) is 17.2 Å². The van der Waals surface area contributed by atoms with Crippen molar-refractivity contribution in [3.8, 4) is 0 Å². The van der Waals surface area contributed by atoms with Gasteiger partial charge in [0.1, 0.15) is 5.82 Å². The number of nitrogens with one attached hydrogen (secondary N) is 1. The Kier molecular flexibility index (Phi) is 3.73. The molecule has 1 atom stereocenters. The molecule has 5 heteroatoms. The predicted molar refractivity (Wildman–Crippen MR) is 86.3 cm³/mol. The monoisotopic (exact) mass is 298 g/mol. The molecule has 0 saturated carbocycles. The van der Waals surface area contributed by atoms with Gasteiger partial charge >= 0.3 is 0 Å². The molecule has 1 aromatic carbocycles. The normalized spacial score (nSPS) is 12.5. The van der Waals surface area contributed by atoms with Crippen LogP contribution in [0.15, 0.2) is 48.8 Å². The number of hydrogen-bond acceptors (Lipinski definition) is 4.